The molecule has 1 N–H and O–H groups in total. The zero-order valence-electron chi connectivity index (χ0n) is 11.7. The predicted molar refractivity (Wildman–Crippen MR) is 69.8 cm³/mol. The van der Waals surface area contributed by atoms with Gasteiger partial charge in [-0.25, -0.2) is 0 Å². The van der Waals surface area contributed by atoms with Gasteiger partial charge < -0.3 is 10.1 Å². The lowest BCUT2D eigenvalue weighted by atomic mass is 9.79. The number of esters is 1. The van der Waals surface area contributed by atoms with E-state index in [0.717, 1.165) is 18.8 Å². The summed E-state index contributed by atoms with van der Waals surface area (Å²) in [5.74, 6) is 1.20. The fourth-order valence-corrected chi connectivity index (χ4v) is 2.61. The summed E-state index contributed by atoms with van der Waals surface area (Å²) in [6.45, 7) is 8.80. The van der Waals surface area contributed by atoms with Crippen molar-refractivity contribution >= 4 is 5.97 Å². The molecule has 1 atom stereocenters. The van der Waals surface area contributed by atoms with Crippen LogP contribution >= 0.6 is 0 Å². The summed E-state index contributed by atoms with van der Waals surface area (Å²) in [5, 5.41) is 3.37. The van der Waals surface area contributed by atoms with Crippen molar-refractivity contribution < 1.29 is 9.53 Å². The first-order chi connectivity index (χ1) is 8.04. The Bertz CT molecular complexity index is 232. The average molecular weight is 241 g/mol. The Morgan fingerprint density at radius 3 is 2.35 bits per heavy atom. The summed E-state index contributed by atoms with van der Waals surface area (Å²) in [4.78, 5) is 12.0. The molecule has 0 aromatic carbocycles. The fraction of sp³-hybridized carbons (Fsp3) is 0.929. The molecule has 1 aliphatic carbocycles. The van der Waals surface area contributed by atoms with E-state index in [1.54, 1.807) is 0 Å². The number of hydrogen-bond donors (Lipinski definition) is 1. The zero-order chi connectivity index (χ0) is 12.8. The minimum absolute atomic E-state index is 0.0687. The summed E-state index contributed by atoms with van der Waals surface area (Å²) in [6, 6.07) is 0.214. The molecule has 1 saturated carbocycles. The van der Waals surface area contributed by atoms with E-state index >= 15 is 0 Å². The fourth-order valence-electron chi connectivity index (χ4n) is 2.61. The second-order valence-corrected chi connectivity index (χ2v) is 5.57. The van der Waals surface area contributed by atoms with Gasteiger partial charge in [0.05, 0.1) is 6.61 Å². The topological polar surface area (TPSA) is 38.3 Å². The summed E-state index contributed by atoms with van der Waals surface area (Å²) in [7, 11) is 0. The van der Waals surface area contributed by atoms with Crippen molar-refractivity contribution in [3.05, 3.63) is 0 Å². The number of nitrogens with one attached hydrogen (secondary N) is 1. The average Bonchev–Trinajstić information content (AvgIpc) is 2.27. The van der Waals surface area contributed by atoms with Crippen LogP contribution in [0, 0.1) is 11.8 Å². The van der Waals surface area contributed by atoms with Gasteiger partial charge >= 0.3 is 5.97 Å². The van der Waals surface area contributed by atoms with E-state index in [0.29, 0.717) is 18.6 Å². The molecule has 0 aliphatic heterocycles. The minimum Gasteiger partial charge on any atom is -0.465 e. The van der Waals surface area contributed by atoms with Crippen molar-refractivity contribution in [3.63, 3.8) is 0 Å². The normalized spacial score (nSPS) is 26.9. The van der Waals surface area contributed by atoms with Gasteiger partial charge in [0.15, 0.2) is 0 Å². The SMILES string of the molecule is CCOC(=O)C(NC(C)C)C1CCC(C)CC1. The van der Waals surface area contributed by atoms with Crippen molar-refractivity contribution in [3.8, 4) is 0 Å². The van der Waals surface area contributed by atoms with E-state index < -0.39 is 0 Å². The molecule has 1 aliphatic rings. The molecule has 17 heavy (non-hydrogen) atoms. The molecule has 0 saturated heterocycles. The molecule has 0 bridgehead atoms. The van der Waals surface area contributed by atoms with Gasteiger partial charge in [-0.15, -0.1) is 0 Å². The molecular weight excluding hydrogens is 214 g/mol. The maximum atomic E-state index is 12.0. The first kappa shape index (κ1) is 14.5. The maximum Gasteiger partial charge on any atom is 0.323 e. The van der Waals surface area contributed by atoms with Gasteiger partial charge in [-0.1, -0.05) is 33.6 Å². The summed E-state index contributed by atoms with van der Waals surface area (Å²) in [6.07, 6.45) is 4.76. The van der Waals surface area contributed by atoms with Crippen molar-refractivity contribution in [2.75, 3.05) is 6.61 Å². The molecule has 100 valence electrons. The van der Waals surface area contributed by atoms with E-state index in [4.69, 9.17) is 4.74 Å². The van der Waals surface area contributed by atoms with E-state index in [-0.39, 0.29) is 12.0 Å². The third-order valence-electron chi connectivity index (χ3n) is 3.59. The quantitative estimate of drug-likeness (QED) is 0.752. The van der Waals surface area contributed by atoms with Crippen LogP contribution in [0.1, 0.15) is 53.4 Å². The van der Waals surface area contributed by atoms with Crippen LogP contribution in [-0.4, -0.2) is 24.7 Å². The van der Waals surface area contributed by atoms with Crippen LogP contribution in [0.3, 0.4) is 0 Å². The molecule has 0 aromatic heterocycles. The highest BCUT2D eigenvalue weighted by molar-refractivity contribution is 5.76. The summed E-state index contributed by atoms with van der Waals surface area (Å²) in [5.41, 5.74) is 0. The summed E-state index contributed by atoms with van der Waals surface area (Å²) >= 11 is 0. The van der Waals surface area contributed by atoms with Gasteiger partial charge in [0.25, 0.3) is 0 Å². The Hall–Kier alpha value is -0.570. The van der Waals surface area contributed by atoms with Crippen LogP contribution in [0.25, 0.3) is 0 Å². The van der Waals surface area contributed by atoms with Gasteiger partial charge in [0.2, 0.25) is 0 Å². The lowest BCUT2D eigenvalue weighted by Gasteiger charge is -2.32. The molecule has 1 unspecified atom stereocenters. The van der Waals surface area contributed by atoms with Crippen molar-refractivity contribution in [1.29, 1.82) is 0 Å². The molecule has 0 amide bonds. The number of carbonyl (C=O) groups is 1. The zero-order valence-corrected chi connectivity index (χ0v) is 11.7. The molecule has 3 nitrogen and oxygen atoms in total. The third-order valence-corrected chi connectivity index (χ3v) is 3.59. The highest BCUT2D eigenvalue weighted by Crippen LogP contribution is 2.31. The summed E-state index contributed by atoms with van der Waals surface area (Å²) < 4.78 is 5.18. The van der Waals surface area contributed by atoms with Crippen molar-refractivity contribution in [2.45, 2.75) is 65.5 Å². The second kappa shape index (κ2) is 7.00. The molecule has 1 rings (SSSR count). The Kier molecular flexibility index (Phi) is 5.96. The standard InChI is InChI=1S/C14H27NO2/c1-5-17-14(16)13(15-10(2)3)12-8-6-11(4)7-9-12/h10-13,15H,5-9H2,1-4H3. The molecule has 0 heterocycles. The lowest BCUT2D eigenvalue weighted by Crippen LogP contribution is -2.47. The Labute approximate surface area is 105 Å². The van der Waals surface area contributed by atoms with Crippen LogP contribution in [-0.2, 0) is 9.53 Å². The van der Waals surface area contributed by atoms with Crippen LogP contribution < -0.4 is 5.32 Å². The van der Waals surface area contributed by atoms with Crippen molar-refractivity contribution in [1.82, 2.24) is 5.32 Å². The smallest absolute Gasteiger partial charge is 0.323 e. The van der Waals surface area contributed by atoms with Crippen LogP contribution in [0.5, 0.6) is 0 Å². The Balaban J connectivity index is 2.58. The van der Waals surface area contributed by atoms with Gasteiger partial charge in [-0.05, 0) is 31.6 Å². The third kappa shape index (κ3) is 4.66. The van der Waals surface area contributed by atoms with Crippen LogP contribution in [0.15, 0.2) is 0 Å². The molecule has 3 heteroatoms. The number of hydrogen-bond acceptors (Lipinski definition) is 3. The second-order valence-electron chi connectivity index (χ2n) is 5.57. The Morgan fingerprint density at radius 2 is 1.88 bits per heavy atom. The van der Waals surface area contributed by atoms with Gasteiger partial charge in [0.1, 0.15) is 6.04 Å². The van der Waals surface area contributed by atoms with E-state index in [1.165, 1.54) is 12.8 Å². The maximum absolute atomic E-state index is 12.0. The van der Waals surface area contributed by atoms with Crippen molar-refractivity contribution in [2.24, 2.45) is 11.8 Å². The van der Waals surface area contributed by atoms with Crippen LogP contribution in [0.2, 0.25) is 0 Å². The van der Waals surface area contributed by atoms with E-state index in [9.17, 15) is 4.79 Å². The highest BCUT2D eigenvalue weighted by atomic mass is 16.5. The highest BCUT2D eigenvalue weighted by Gasteiger charge is 2.32. The van der Waals surface area contributed by atoms with E-state index in [2.05, 4.69) is 26.1 Å². The Morgan fingerprint density at radius 1 is 1.29 bits per heavy atom. The number of carbonyl (C=O) groups excluding carboxylic acids is 1. The van der Waals surface area contributed by atoms with Crippen LogP contribution in [0.4, 0.5) is 0 Å². The molecular formula is C14H27NO2. The largest absolute Gasteiger partial charge is 0.465 e. The first-order valence-electron chi connectivity index (χ1n) is 6.97. The first-order valence-corrected chi connectivity index (χ1v) is 6.97. The predicted octanol–water partition coefficient (Wildman–Crippen LogP) is 2.74. The van der Waals surface area contributed by atoms with Gasteiger partial charge in [0, 0.05) is 6.04 Å². The lowest BCUT2D eigenvalue weighted by molar-refractivity contribution is -0.148. The number of ether oxygens (including phenoxy) is 1. The van der Waals surface area contributed by atoms with Gasteiger partial charge in [-0.2, -0.15) is 0 Å². The molecule has 0 spiro atoms. The molecule has 0 aromatic rings. The minimum atomic E-state index is -0.109. The van der Waals surface area contributed by atoms with Gasteiger partial charge in [-0.3, -0.25) is 4.79 Å². The monoisotopic (exact) mass is 241 g/mol. The molecule has 1 fully saturated rings. The van der Waals surface area contributed by atoms with E-state index in [1.807, 2.05) is 6.92 Å². The number of rotatable bonds is 5. The molecule has 0 radical (unpaired) electrons.